The number of nitrogens with one attached hydrogen (secondary N) is 1. The number of carbonyl (C=O) groups is 1. The lowest BCUT2D eigenvalue weighted by Gasteiger charge is -2.08. The highest BCUT2D eigenvalue weighted by atomic mass is 79.9. The van der Waals surface area contributed by atoms with Gasteiger partial charge >= 0.3 is 0 Å². The highest BCUT2D eigenvalue weighted by Gasteiger charge is 2.09. The molecule has 0 radical (unpaired) electrons. The SMILES string of the molecule is O=C(Cc1ccccc1O)Nc1ccc(Br)cc1Br. The molecule has 0 saturated carbocycles. The van der Waals surface area contributed by atoms with Crippen molar-refractivity contribution in [2.45, 2.75) is 6.42 Å². The Morgan fingerprint density at radius 2 is 1.89 bits per heavy atom. The van der Waals surface area contributed by atoms with Crippen molar-refractivity contribution in [3.8, 4) is 5.75 Å². The zero-order valence-electron chi connectivity index (χ0n) is 9.86. The normalized spacial score (nSPS) is 10.2. The highest BCUT2D eigenvalue weighted by molar-refractivity contribution is 9.11. The van der Waals surface area contributed by atoms with Gasteiger partial charge in [-0.25, -0.2) is 0 Å². The largest absolute Gasteiger partial charge is 0.508 e. The van der Waals surface area contributed by atoms with E-state index in [2.05, 4.69) is 37.2 Å². The fourth-order valence-corrected chi connectivity index (χ4v) is 2.76. The first-order chi connectivity index (χ1) is 9.06. The predicted octanol–water partition coefficient (Wildman–Crippen LogP) is 4.10. The molecule has 0 heterocycles. The molecule has 0 aromatic heterocycles. The van der Waals surface area contributed by atoms with Crippen molar-refractivity contribution in [3.63, 3.8) is 0 Å². The van der Waals surface area contributed by atoms with E-state index >= 15 is 0 Å². The van der Waals surface area contributed by atoms with Crippen LogP contribution in [0.15, 0.2) is 51.4 Å². The molecule has 2 rings (SSSR count). The summed E-state index contributed by atoms with van der Waals surface area (Å²) in [5.74, 6) is -0.0444. The monoisotopic (exact) mass is 383 g/mol. The summed E-state index contributed by atoms with van der Waals surface area (Å²) in [5.41, 5.74) is 1.30. The summed E-state index contributed by atoms with van der Waals surface area (Å²) in [6, 6.07) is 12.3. The Kier molecular flexibility index (Phi) is 4.61. The number of benzene rings is 2. The molecular weight excluding hydrogens is 374 g/mol. The van der Waals surface area contributed by atoms with Crippen LogP contribution in [-0.2, 0) is 11.2 Å². The zero-order valence-corrected chi connectivity index (χ0v) is 13.0. The van der Waals surface area contributed by atoms with E-state index in [1.165, 1.54) is 0 Å². The van der Waals surface area contributed by atoms with Gasteiger partial charge in [-0.2, -0.15) is 0 Å². The maximum absolute atomic E-state index is 11.9. The van der Waals surface area contributed by atoms with Crippen LogP contribution in [0, 0.1) is 0 Å². The number of carbonyl (C=O) groups excluding carboxylic acids is 1. The van der Waals surface area contributed by atoms with E-state index in [0.717, 1.165) is 8.95 Å². The fraction of sp³-hybridized carbons (Fsp3) is 0.0714. The first-order valence-electron chi connectivity index (χ1n) is 5.58. The molecule has 1 amide bonds. The van der Waals surface area contributed by atoms with Crippen LogP contribution in [0.25, 0.3) is 0 Å². The number of phenolic OH excluding ortho intramolecular Hbond substituents is 1. The second-order valence-electron chi connectivity index (χ2n) is 3.98. The molecule has 0 aliphatic heterocycles. The number of hydrogen-bond donors (Lipinski definition) is 2. The molecular formula is C14H11Br2NO2. The van der Waals surface area contributed by atoms with Crippen molar-refractivity contribution < 1.29 is 9.90 Å². The number of anilines is 1. The third kappa shape index (κ3) is 3.81. The molecule has 3 nitrogen and oxygen atoms in total. The molecule has 2 N–H and O–H groups in total. The van der Waals surface area contributed by atoms with Gasteiger partial charge in [-0.05, 0) is 40.2 Å². The van der Waals surface area contributed by atoms with Crippen LogP contribution in [0.4, 0.5) is 5.69 Å². The van der Waals surface area contributed by atoms with Crippen molar-refractivity contribution in [2.75, 3.05) is 5.32 Å². The van der Waals surface area contributed by atoms with E-state index in [1.807, 2.05) is 12.1 Å². The van der Waals surface area contributed by atoms with E-state index in [9.17, 15) is 9.90 Å². The quantitative estimate of drug-likeness (QED) is 0.836. The molecule has 2 aromatic carbocycles. The lowest BCUT2D eigenvalue weighted by Crippen LogP contribution is -2.14. The van der Waals surface area contributed by atoms with Crippen LogP contribution in [0.2, 0.25) is 0 Å². The van der Waals surface area contributed by atoms with Crippen LogP contribution in [0.5, 0.6) is 5.75 Å². The Labute approximate surface area is 127 Å². The summed E-state index contributed by atoms with van der Waals surface area (Å²) < 4.78 is 1.73. The van der Waals surface area contributed by atoms with E-state index in [-0.39, 0.29) is 18.1 Å². The Hall–Kier alpha value is -1.33. The van der Waals surface area contributed by atoms with Gasteiger partial charge in [-0.1, -0.05) is 34.1 Å². The van der Waals surface area contributed by atoms with Crippen LogP contribution >= 0.6 is 31.9 Å². The van der Waals surface area contributed by atoms with Crippen molar-refractivity contribution in [1.29, 1.82) is 0 Å². The highest BCUT2D eigenvalue weighted by Crippen LogP contribution is 2.26. The Morgan fingerprint density at radius 1 is 1.16 bits per heavy atom. The lowest BCUT2D eigenvalue weighted by atomic mass is 10.1. The first-order valence-corrected chi connectivity index (χ1v) is 7.16. The first kappa shape index (κ1) is 14.1. The van der Waals surface area contributed by atoms with Crippen LogP contribution in [0.1, 0.15) is 5.56 Å². The van der Waals surface area contributed by atoms with Gasteiger partial charge in [0.15, 0.2) is 0 Å². The van der Waals surface area contributed by atoms with Gasteiger partial charge < -0.3 is 10.4 Å². The molecule has 0 spiro atoms. The maximum atomic E-state index is 11.9. The molecule has 2 aromatic rings. The number of rotatable bonds is 3. The van der Waals surface area contributed by atoms with Crippen LogP contribution in [-0.4, -0.2) is 11.0 Å². The molecule has 0 bridgehead atoms. The summed E-state index contributed by atoms with van der Waals surface area (Å²) in [6.45, 7) is 0. The zero-order chi connectivity index (χ0) is 13.8. The van der Waals surface area contributed by atoms with Crippen LogP contribution < -0.4 is 5.32 Å². The van der Waals surface area contributed by atoms with Crippen molar-refractivity contribution in [1.82, 2.24) is 0 Å². The predicted molar refractivity (Wildman–Crippen MR) is 82.3 cm³/mol. The second-order valence-corrected chi connectivity index (χ2v) is 5.75. The number of aromatic hydroxyl groups is 1. The minimum atomic E-state index is -0.176. The fourth-order valence-electron chi connectivity index (χ4n) is 1.62. The molecule has 19 heavy (non-hydrogen) atoms. The van der Waals surface area contributed by atoms with E-state index in [4.69, 9.17) is 0 Å². The summed E-state index contributed by atoms with van der Waals surface area (Å²) in [7, 11) is 0. The number of hydrogen-bond acceptors (Lipinski definition) is 2. The summed E-state index contributed by atoms with van der Waals surface area (Å²) in [5, 5.41) is 12.4. The van der Waals surface area contributed by atoms with E-state index in [1.54, 1.807) is 30.3 Å². The molecule has 98 valence electrons. The van der Waals surface area contributed by atoms with Gasteiger partial charge in [0.2, 0.25) is 5.91 Å². The second kappa shape index (κ2) is 6.21. The molecule has 0 aliphatic carbocycles. The average Bonchev–Trinajstić information content (AvgIpc) is 2.36. The van der Waals surface area contributed by atoms with Gasteiger partial charge in [0.05, 0.1) is 12.1 Å². The number of halogens is 2. The molecule has 0 aliphatic rings. The van der Waals surface area contributed by atoms with Crippen LogP contribution in [0.3, 0.4) is 0 Å². The lowest BCUT2D eigenvalue weighted by molar-refractivity contribution is -0.115. The van der Waals surface area contributed by atoms with Gasteiger partial charge in [0.25, 0.3) is 0 Å². The van der Waals surface area contributed by atoms with Crippen molar-refractivity contribution in [3.05, 3.63) is 57.0 Å². The molecule has 0 saturated heterocycles. The minimum Gasteiger partial charge on any atom is -0.508 e. The van der Waals surface area contributed by atoms with Gasteiger partial charge in [0, 0.05) is 14.5 Å². The summed E-state index contributed by atoms with van der Waals surface area (Å²) in [6.07, 6.45) is 0.134. The van der Waals surface area contributed by atoms with E-state index in [0.29, 0.717) is 11.3 Å². The van der Waals surface area contributed by atoms with Gasteiger partial charge in [0.1, 0.15) is 5.75 Å². The topological polar surface area (TPSA) is 49.3 Å². The summed E-state index contributed by atoms with van der Waals surface area (Å²) >= 11 is 6.73. The van der Waals surface area contributed by atoms with Crippen molar-refractivity contribution in [2.24, 2.45) is 0 Å². The van der Waals surface area contributed by atoms with Crippen molar-refractivity contribution >= 4 is 43.5 Å². The molecule has 5 heteroatoms. The molecule has 0 fully saturated rings. The molecule has 0 atom stereocenters. The number of phenols is 1. The number of amides is 1. The van der Waals surface area contributed by atoms with E-state index < -0.39 is 0 Å². The summed E-state index contributed by atoms with van der Waals surface area (Å²) in [4.78, 5) is 11.9. The smallest absolute Gasteiger partial charge is 0.228 e. The average molecular weight is 385 g/mol. The minimum absolute atomic E-state index is 0.132. The Morgan fingerprint density at radius 3 is 2.58 bits per heavy atom. The Bertz CT molecular complexity index is 614. The number of para-hydroxylation sites is 1. The Balaban J connectivity index is 2.08. The molecule has 0 unspecified atom stereocenters. The third-order valence-electron chi connectivity index (χ3n) is 2.55. The van der Waals surface area contributed by atoms with Gasteiger partial charge in [-0.15, -0.1) is 0 Å². The van der Waals surface area contributed by atoms with Gasteiger partial charge in [-0.3, -0.25) is 4.79 Å². The third-order valence-corrected chi connectivity index (χ3v) is 3.70. The standard InChI is InChI=1S/C14H11Br2NO2/c15-10-5-6-12(11(16)8-10)17-14(19)7-9-3-1-2-4-13(9)18/h1-6,8,18H,7H2,(H,17,19). The maximum Gasteiger partial charge on any atom is 0.228 e.